The van der Waals surface area contributed by atoms with E-state index in [0.717, 1.165) is 6.07 Å². The minimum absolute atomic E-state index is 0. The molecule has 70 heavy (non-hydrogen) atoms. The van der Waals surface area contributed by atoms with E-state index in [-0.39, 0.29) is 265 Å². The van der Waals surface area contributed by atoms with Gasteiger partial charge in [0.15, 0.2) is 0 Å². The molecular weight excluding hydrogens is 1120 g/mol. The van der Waals surface area contributed by atoms with Crippen molar-refractivity contribution in [1.29, 1.82) is 0 Å². The SMILES string of the molecule is O=S(=O)([O-])CCNc1nc(NCCS(=O)(=O)[O-])nc(Nc2ccc(/C=C/c3ccc(Nc4nc(NCCSOO[O-])nc(NCCSOO[O-])n4)cc3S(=O)(=O)[O-])c(SOO[O-])c2)n1.[Na+].[Na+].[Na+].[Na+].[Na+].[Na+]. The van der Waals surface area contributed by atoms with Gasteiger partial charge >= 0.3 is 177 Å². The van der Waals surface area contributed by atoms with Crippen molar-refractivity contribution in [3.8, 4) is 0 Å². The number of nitrogens with one attached hydrogen (secondary N) is 6. The second kappa shape index (κ2) is 39.7. The molecule has 4 aromatic rings. The Kier molecular flexibility index (Phi) is 42.9. The second-order valence-corrected chi connectivity index (χ2v) is 18.2. The Morgan fingerprint density at radius 2 is 0.871 bits per heavy atom. The van der Waals surface area contributed by atoms with Crippen LogP contribution in [0.25, 0.3) is 12.2 Å². The van der Waals surface area contributed by atoms with Gasteiger partial charge in [-0.25, -0.2) is 25.3 Å². The third kappa shape index (κ3) is 31.0. The molecule has 352 valence electrons. The minimum Gasteiger partial charge on any atom is -0.748 e. The van der Waals surface area contributed by atoms with E-state index in [0.29, 0.717) is 36.1 Å². The van der Waals surface area contributed by atoms with E-state index >= 15 is 0 Å². The summed E-state index contributed by atoms with van der Waals surface area (Å²) in [7, 11) is -14.4. The molecule has 0 spiro atoms. The van der Waals surface area contributed by atoms with Crippen LogP contribution >= 0.6 is 36.1 Å². The van der Waals surface area contributed by atoms with Crippen LogP contribution in [0.2, 0.25) is 0 Å². The molecule has 2 aromatic heterocycles. The predicted octanol–water partition coefficient (Wildman–Crippen LogP) is -19.6. The maximum atomic E-state index is 12.5. The molecule has 0 aliphatic rings. The van der Waals surface area contributed by atoms with Gasteiger partial charge < -0.3 is 61.3 Å². The van der Waals surface area contributed by atoms with Gasteiger partial charge in [0.05, 0.1) is 48.7 Å². The minimum atomic E-state index is -5.14. The smallest absolute Gasteiger partial charge is 0.748 e. The van der Waals surface area contributed by atoms with Crippen LogP contribution in [0, 0.1) is 0 Å². The van der Waals surface area contributed by atoms with Gasteiger partial charge in [0.2, 0.25) is 35.7 Å². The molecule has 0 aliphatic heterocycles. The molecule has 0 fully saturated rings. The van der Waals surface area contributed by atoms with Gasteiger partial charge in [0.1, 0.15) is 10.1 Å². The first kappa shape index (κ1) is 75.7. The zero-order valence-electron chi connectivity index (χ0n) is 37.8. The molecule has 6 N–H and O–H groups in total. The molecule has 0 radical (unpaired) electrons. The summed E-state index contributed by atoms with van der Waals surface area (Å²) in [6, 6.07) is 8.03. The standard InChI is InChI=1S/C28H36N12O18S6.6Na/c41-53-56-59-11-7-29-23-35-24(30-8-12-60-57-54-42)38-28(37-23)34-20-6-4-18(22(16-20)64(50,51)52)2-1-17-3-5-19(15-21(17)61-58-55-43)33-27-39-25(31-9-13-62(44,45)46)36-26(40-27)32-10-14-63(47,48)49;;;;;;/h1-6,15-16,41-43H,7-14H2,(H,44,45,46)(H,47,48,49)(H,50,51,52)(H3,29,30,34,35,37,38)(H3,31,32,33,36,39,40);;;;;;/q;6*+1/p-6/b2-1+;;;;;;. The van der Waals surface area contributed by atoms with Gasteiger partial charge in [-0.15, -0.1) is 0 Å². The third-order valence-corrected chi connectivity index (χ3v) is 11.0. The predicted molar refractivity (Wildman–Crippen MR) is 216 cm³/mol. The van der Waals surface area contributed by atoms with Crippen molar-refractivity contribution in [3.05, 3.63) is 47.5 Å². The molecule has 0 saturated heterocycles. The first-order valence-electron chi connectivity index (χ1n) is 17.0. The van der Waals surface area contributed by atoms with Crippen molar-refractivity contribution in [2.75, 3.05) is 81.1 Å². The molecule has 4 rings (SSSR count). The van der Waals surface area contributed by atoms with Crippen LogP contribution in [0.15, 0.2) is 46.2 Å². The van der Waals surface area contributed by atoms with Gasteiger partial charge in [-0.05, 0) is 35.4 Å². The van der Waals surface area contributed by atoms with Crippen LogP contribution in [-0.4, -0.2) is 118 Å². The summed E-state index contributed by atoms with van der Waals surface area (Å²) >= 11 is 1.82. The van der Waals surface area contributed by atoms with Crippen molar-refractivity contribution in [1.82, 2.24) is 29.9 Å². The van der Waals surface area contributed by atoms with Crippen LogP contribution < -0.4 is 225 Å². The van der Waals surface area contributed by atoms with Crippen molar-refractivity contribution >= 4 is 126 Å². The van der Waals surface area contributed by atoms with Gasteiger partial charge in [0.25, 0.3) is 0 Å². The fourth-order valence-corrected chi connectivity index (χ4v) is 7.04. The fraction of sp³-hybridized carbons (Fsp3) is 0.286. The van der Waals surface area contributed by atoms with Crippen LogP contribution in [0.4, 0.5) is 47.1 Å². The average molecular weight is 1150 g/mol. The molecule has 0 aliphatic carbocycles. The van der Waals surface area contributed by atoms with Gasteiger partial charge in [-0.3, -0.25) is 15.1 Å². The Balaban J connectivity index is -0.00000748. The zero-order valence-corrected chi connectivity index (χ0v) is 54.7. The first-order valence-corrected chi connectivity index (χ1v) is 24.2. The van der Waals surface area contributed by atoms with Crippen LogP contribution in [0.5, 0.6) is 0 Å². The molecule has 2 aromatic carbocycles. The number of rotatable bonds is 30. The van der Waals surface area contributed by atoms with E-state index in [2.05, 4.69) is 89.9 Å². The number of benzene rings is 2. The Morgan fingerprint density at radius 3 is 1.27 bits per heavy atom. The number of aromatic nitrogens is 6. The molecule has 2 heterocycles. The zero-order chi connectivity index (χ0) is 46.6. The van der Waals surface area contributed by atoms with Gasteiger partial charge in [-0.2, -0.15) is 42.9 Å². The monoisotopic (exact) mass is 1150 g/mol. The van der Waals surface area contributed by atoms with Crippen molar-refractivity contribution < 1.29 is 260 Å². The molecule has 30 nitrogen and oxygen atoms in total. The number of hydrogen-bond acceptors (Lipinski definition) is 33. The molecular formula is C28H30N12Na6O18S6. The molecule has 0 bridgehead atoms. The summed E-state index contributed by atoms with van der Waals surface area (Å²) in [6.45, 7) is -0.473. The quantitative estimate of drug-likeness (QED) is 0.00537. The van der Waals surface area contributed by atoms with E-state index in [9.17, 15) is 54.7 Å². The number of anilines is 8. The van der Waals surface area contributed by atoms with Crippen LogP contribution in [-0.2, 0) is 58.5 Å². The third-order valence-electron chi connectivity index (χ3n) is 7.03. The van der Waals surface area contributed by atoms with Crippen molar-refractivity contribution in [3.63, 3.8) is 0 Å². The summed E-state index contributed by atoms with van der Waals surface area (Å²) in [5.41, 5.74) is 0.460. The molecule has 0 unspecified atom stereocenters. The Morgan fingerprint density at radius 1 is 0.500 bits per heavy atom. The van der Waals surface area contributed by atoms with E-state index in [1.54, 1.807) is 0 Å². The topological polar surface area (TPSA) is 446 Å². The van der Waals surface area contributed by atoms with Crippen LogP contribution in [0.3, 0.4) is 0 Å². The van der Waals surface area contributed by atoms with E-state index < -0.39 is 59.8 Å². The number of nitrogens with zero attached hydrogens (tertiary/aromatic N) is 6. The fourth-order valence-electron chi connectivity index (χ4n) is 4.55. The summed E-state index contributed by atoms with van der Waals surface area (Å²) in [5, 5.41) is 57.2. The Labute approximate surface area is 545 Å². The van der Waals surface area contributed by atoms with E-state index in [1.165, 1.54) is 42.5 Å². The maximum absolute atomic E-state index is 12.5. The van der Waals surface area contributed by atoms with Gasteiger partial charge in [0, 0.05) is 78.0 Å². The second-order valence-electron chi connectivity index (χ2n) is 11.5. The normalized spacial score (nSPS) is 11.0. The van der Waals surface area contributed by atoms with Gasteiger partial charge in [-0.1, -0.05) is 24.3 Å². The molecule has 42 heteroatoms. The maximum Gasteiger partial charge on any atom is 1.00 e. The molecule has 0 atom stereocenters. The van der Waals surface area contributed by atoms with Crippen LogP contribution in [0.1, 0.15) is 11.1 Å². The summed E-state index contributed by atoms with van der Waals surface area (Å²) in [6.07, 6.45) is 2.65. The van der Waals surface area contributed by atoms with Crippen molar-refractivity contribution in [2.45, 2.75) is 9.79 Å². The van der Waals surface area contributed by atoms with E-state index in [1.807, 2.05) is 0 Å². The van der Waals surface area contributed by atoms with Crippen molar-refractivity contribution in [2.24, 2.45) is 0 Å². The Bertz CT molecular complexity index is 2460. The Hall–Kier alpha value is 1.42. The largest absolute Gasteiger partial charge is 1.00 e. The first-order chi connectivity index (χ1) is 30.4. The molecule has 0 saturated carbocycles. The summed E-state index contributed by atoms with van der Waals surface area (Å²) in [5.74, 6) is -2.06. The number of hydrogen-bond donors (Lipinski definition) is 6. The summed E-state index contributed by atoms with van der Waals surface area (Å²) in [4.78, 5) is 24.2. The average Bonchev–Trinajstić information content (AvgIpc) is 3.21. The van der Waals surface area contributed by atoms with E-state index in [4.69, 9.17) is 0 Å². The summed E-state index contributed by atoms with van der Waals surface area (Å²) < 4.78 is 117. The molecule has 0 amide bonds.